The van der Waals surface area contributed by atoms with Gasteiger partial charge in [-0.15, -0.1) is 12.4 Å². The van der Waals surface area contributed by atoms with Gasteiger partial charge in [-0.2, -0.15) is 0 Å². The average molecular weight is 325 g/mol. The Morgan fingerprint density at radius 3 is 2.59 bits per heavy atom. The predicted molar refractivity (Wildman–Crippen MR) is 88.6 cm³/mol. The van der Waals surface area contributed by atoms with E-state index in [1.165, 1.54) is 6.26 Å². The van der Waals surface area contributed by atoms with Crippen molar-refractivity contribution in [1.29, 1.82) is 0 Å². The van der Waals surface area contributed by atoms with Gasteiger partial charge < -0.3 is 20.2 Å². The summed E-state index contributed by atoms with van der Waals surface area (Å²) >= 11 is 0. The van der Waals surface area contributed by atoms with E-state index in [0.717, 1.165) is 0 Å². The third-order valence-electron chi connectivity index (χ3n) is 2.67. The number of nitrogens with one attached hydrogen (secondary N) is 1. The van der Waals surface area contributed by atoms with E-state index in [4.69, 9.17) is 14.9 Å². The van der Waals surface area contributed by atoms with Gasteiger partial charge in [-0.05, 0) is 39.0 Å². The number of para-hydroxylation sites is 2. The molecule has 0 atom stereocenters. The predicted octanol–water partition coefficient (Wildman–Crippen LogP) is 3.59. The molecule has 0 bridgehead atoms. The first-order valence-electron chi connectivity index (χ1n) is 6.76. The lowest BCUT2D eigenvalue weighted by Gasteiger charge is -2.23. The van der Waals surface area contributed by atoms with Crippen LogP contribution in [0.2, 0.25) is 0 Å². The van der Waals surface area contributed by atoms with E-state index in [9.17, 15) is 4.79 Å². The molecule has 2 rings (SSSR count). The van der Waals surface area contributed by atoms with Crippen LogP contribution in [0.1, 0.15) is 36.9 Å². The lowest BCUT2D eigenvalue weighted by molar-refractivity contribution is 0.102. The van der Waals surface area contributed by atoms with Crippen molar-refractivity contribution in [2.24, 2.45) is 5.73 Å². The summed E-state index contributed by atoms with van der Waals surface area (Å²) < 4.78 is 11.0. The van der Waals surface area contributed by atoms with Crippen LogP contribution in [-0.2, 0) is 6.54 Å². The molecule has 0 unspecified atom stereocenters. The minimum absolute atomic E-state index is 0. The highest BCUT2D eigenvalue weighted by Gasteiger charge is 2.16. The Kier molecular flexibility index (Phi) is 6.02. The number of nitrogens with two attached hydrogens (primary N) is 1. The first-order chi connectivity index (χ1) is 9.89. The van der Waals surface area contributed by atoms with E-state index in [0.29, 0.717) is 22.8 Å². The Labute approximate surface area is 136 Å². The summed E-state index contributed by atoms with van der Waals surface area (Å²) in [6, 6.07) is 8.94. The molecule has 0 radical (unpaired) electrons. The number of amides is 1. The number of carbonyl (C=O) groups is 1. The molecular weight excluding hydrogens is 304 g/mol. The van der Waals surface area contributed by atoms with Crippen molar-refractivity contribution in [2.45, 2.75) is 32.9 Å². The van der Waals surface area contributed by atoms with Gasteiger partial charge >= 0.3 is 0 Å². The van der Waals surface area contributed by atoms with E-state index in [1.54, 1.807) is 12.1 Å². The molecule has 1 amide bonds. The number of hydrogen-bond donors (Lipinski definition) is 2. The minimum atomic E-state index is -0.344. The standard InChI is InChI=1S/C16H20N2O3.ClH/c1-16(2,3)21-14-7-5-4-6-13(14)18-15(19)11-8-12(9-17)20-10-11;/h4-8,10H,9,17H2,1-3H3,(H,18,19);1H. The van der Waals surface area contributed by atoms with Gasteiger partial charge in [0, 0.05) is 0 Å². The van der Waals surface area contributed by atoms with Crippen LogP contribution in [0, 0.1) is 0 Å². The van der Waals surface area contributed by atoms with E-state index >= 15 is 0 Å². The molecule has 0 aliphatic carbocycles. The Hall–Kier alpha value is -1.98. The summed E-state index contributed by atoms with van der Waals surface area (Å²) in [5.74, 6) is 0.934. The molecule has 6 heteroatoms. The van der Waals surface area contributed by atoms with Crippen LogP contribution in [0.25, 0.3) is 0 Å². The van der Waals surface area contributed by atoms with Gasteiger partial charge in [0.2, 0.25) is 0 Å². The fourth-order valence-electron chi connectivity index (χ4n) is 1.79. The largest absolute Gasteiger partial charge is 0.486 e. The lowest BCUT2D eigenvalue weighted by Crippen LogP contribution is -2.24. The fraction of sp³-hybridized carbons (Fsp3) is 0.312. The molecule has 2 aromatic rings. The Morgan fingerprint density at radius 2 is 2.00 bits per heavy atom. The zero-order chi connectivity index (χ0) is 15.5. The zero-order valence-electron chi connectivity index (χ0n) is 12.9. The molecule has 0 spiro atoms. The van der Waals surface area contributed by atoms with Crippen LogP contribution < -0.4 is 15.8 Å². The number of benzene rings is 1. The van der Waals surface area contributed by atoms with E-state index in [-0.39, 0.29) is 30.5 Å². The van der Waals surface area contributed by atoms with Crippen LogP contribution in [-0.4, -0.2) is 11.5 Å². The molecule has 0 saturated heterocycles. The van der Waals surface area contributed by atoms with Crippen molar-refractivity contribution < 1.29 is 13.9 Å². The Morgan fingerprint density at radius 1 is 1.32 bits per heavy atom. The number of carbonyl (C=O) groups excluding carboxylic acids is 1. The summed E-state index contributed by atoms with van der Waals surface area (Å²) in [5.41, 5.74) is 6.17. The summed E-state index contributed by atoms with van der Waals surface area (Å²) in [6.07, 6.45) is 1.39. The topological polar surface area (TPSA) is 77.5 Å². The number of furan rings is 1. The smallest absolute Gasteiger partial charge is 0.259 e. The number of halogens is 1. The molecule has 5 nitrogen and oxygen atoms in total. The third kappa shape index (κ3) is 4.79. The van der Waals surface area contributed by atoms with Crippen molar-refractivity contribution in [2.75, 3.05) is 5.32 Å². The molecule has 0 fully saturated rings. The van der Waals surface area contributed by atoms with Crippen molar-refractivity contribution in [3.05, 3.63) is 47.9 Å². The third-order valence-corrected chi connectivity index (χ3v) is 2.67. The molecule has 120 valence electrons. The number of rotatable bonds is 4. The quantitative estimate of drug-likeness (QED) is 0.901. The van der Waals surface area contributed by atoms with Gasteiger partial charge in [-0.1, -0.05) is 12.1 Å². The fourth-order valence-corrected chi connectivity index (χ4v) is 1.79. The first kappa shape index (κ1) is 18.1. The molecule has 0 aliphatic rings. The molecule has 1 aromatic heterocycles. The van der Waals surface area contributed by atoms with Gasteiger partial charge in [0.1, 0.15) is 23.4 Å². The minimum Gasteiger partial charge on any atom is -0.486 e. The van der Waals surface area contributed by atoms with Crippen LogP contribution in [0.3, 0.4) is 0 Å². The van der Waals surface area contributed by atoms with Gasteiger partial charge in [0.25, 0.3) is 5.91 Å². The van der Waals surface area contributed by atoms with Gasteiger partial charge in [-0.25, -0.2) is 0 Å². The maximum Gasteiger partial charge on any atom is 0.259 e. The normalized spacial score (nSPS) is 10.7. The second-order valence-electron chi connectivity index (χ2n) is 5.67. The molecule has 3 N–H and O–H groups in total. The summed E-state index contributed by atoms with van der Waals surface area (Å²) in [4.78, 5) is 12.2. The van der Waals surface area contributed by atoms with Crippen molar-refractivity contribution in [3.63, 3.8) is 0 Å². The number of anilines is 1. The highest BCUT2D eigenvalue weighted by molar-refractivity contribution is 6.04. The van der Waals surface area contributed by atoms with E-state index < -0.39 is 0 Å². The van der Waals surface area contributed by atoms with Crippen LogP contribution >= 0.6 is 12.4 Å². The molecular formula is C16H21ClN2O3. The van der Waals surface area contributed by atoms with E-state index in [1.807, 2.05) is 39.0 Å². The molecule has 0 aliphatic heterocycles. The second-order valence-corrected chi connectivity index (χ2v) is 5.67. The van der Waals surface area contributed by atoms with Crippen LogP contribution in [0.4, 0.5) is 5.69 Å². The average Bonchev–Trinajstić information content (AvgIpc) is 2.88. The summed E-state index contributed by atoms with van der Waals surface area (Å²) in [6.45, 7) is 6.12. The molecule has 22 heavy (non-hydrogen) atoms. The van der Waals surface area contributed by atoms with Crippen LogP contribution in [0.15, 0.2) is 41.0 Å². The monoisotopic (exact) mass is 324 g/mol. The van der Waals surface area contributed by atoms with Crippen LogP contribution in [0.5, 0.6) is 5.75 Å². The highest BCUT2D eigenvalue weighted by Crippen LogP contribution is 2.28. The Bertz CT molecular complexity index is 632. The van der Waals surface area contributed by atoms with Gasteiger partial charge in [0.05, 0.1) is 17.8 Å². The van der Waals surface area contributed by atoms with Gasteiger partial charge in [-0.3, -0.25) is 4.79 Å². The van der Waals surface area contributed by atoms with Crippen molar-refractivity contribution >= 4 is 24.0 Å². The highest BCUT2D eigenvalue weighted by atomic mass is 35.5. The summed E-state index contributed by atoms with van der Waals surface area (Å²) in [5, 5.41) is 2.82. The van der Waals surface area contributed by atoms with E-state index in [2.05, 4.69) is 5.32 Å². The van der Waals surface area contributed by atoms with Crippen molar-refractivity contribution in [1.82, 2.24) is 0 Å². The number of hydrogen-bond acceptors (Lipinski definition) is 4. The second kappa shape index (κ2) is 7.33. The van der Waals surface area contributed by atoms with Crippen molar-refractivity contribution in [3.8, 4) is 5.75 Å². The Balaban J connectivity index is 0.00000242. The zero-order valence-corrected chi connectivity index (χ0v) is 13.7. The molecule has 0 saturated carbocycles. The molecule has 1 heterocycles. The van der Waals surface area contributed by atoms with Gasteiger partial charge in [0.15, 0.2) is 0 Å². The lowest BCUT2D eigenvalue weighted by atomic mass is 10.2. The maximum absolute atomic E-state index is 12.2. The molecule has 1 aromatic carbocycles. The number of ether oxygens (including phenoxy) is 1. The first-order valence-corrected chi connectivity index (χ1v) is 6.76. The maximum atomic E-state index is 12.2. The SMILES string of the molecule is CC(C)(C)Oc1ccccc1NC(=O)c1coc(CN)c1.Cl. The summed E-state index contributed by atoms with van der Waals surface area (Å²) in [7, 11) is 0.